The van der Waals surface area contributed by atoms with E-state index in [0.29, 0.717) is 30.2 Å². The molecular formula is C13H21BrN2O3S. The molecule has 114 valence electrons. The third-order valence-corrected chi connectivity index (χ3v) is 5.84. The molecule has 0 radical (unpaired) electrons. The minimum atomic E-state index is -3.51. The van der Waals surface area contributed by atoms with Crippen LogP contribution < -0.4 is 5.32 Å². The predicted octanol–water partition coefficient (Wildman–Crippen LogP) is 1.74. The van der Waals surface area contributed by atoms with Crippen LogP contribution in [0.15, 0.2) is 21.5 Å². The fraction of sp³-hybridized carbons (Fsp3) is 0.538. The first-order valence-electron chi connectivity index (χ1n) is 6.23. The number of benzene rings is 1. The lowest BCUT2D eigenvalue weighted by Crippen LogP contribution is -2.30. The summed E-state index contributed by atoms with van der Waals surface area (Å²) in [6.45, 7) is 3.10. The van der Waals surface area contributed by atoms with Crippen molar-refractivity contribution >= 4 is 26.0 Å². The Kier molecular flexibility index (Phi) is 6.60. The van der Waals surface area contributed by atoms with E-state index in [2.05, 4.69) is 21.2 Å². The van der Waals surface area contributed by atoms with E-state index in [1.54, 1.807) is 27.1 Å². The first kappa shape index (κ1) is 17.6. The molecule has 0 saturated heterocycles. The summed E-state index contributed by atoms with van der Waals surface area (Å²) in [6.07, 6.45) is 0. The number of nitrogens with zero attached hydrogens (tertiary/aromatic N) is 1. The largest absolute Gasteiger partial charge is 0.383 e. The van der Waals surface area contributed by atoms with Gasteiger partial charge in [-0.1, -0.05) is 15.9 Å². The number of sulfonamides is 1. The van der Waals surface area contributed by atoms with Crippen molar-refractivity contribution in [3.63, 3.8) is 0 Å². The van der Waals surface area contributed by atoms with Gasteiger partial charge in [0.25, 0.3) is 0 Å². The Morgan fingerprint density at radius 1 is 1.40 bits per heavy atom. The van der Waals surface area contributed by atoms with Gasteiger partial charge in [-0.3, -0.25) is 0 Å². The van der Waals surface area contributed by atoms with Crippen molar-refractivity contribution in [1.82, 2.24) is 9.62 Å². The van der Waals surface area contributed by atoms with Crippen LogP contribution in [0.3, 0.4) is 0 Å². The molecule has 1 N–H and O–H groups in total. The second-order valence-corrected chi connectivity index (χ2v) is 7.42. The SMILES string of the molecule is CNCc1cc(Br)c(C)c(S(=O)(=O)N(C)CCOC)c1. The fourth-order valence-electron chi connectivity index (χ4n) is 1.79. The summed E-state index contributed by atoms with van der Waals surface area (Å²) < 4.78 is 32.2. The highest BCUT2D eigenvalue weighted by atomic mass is 79.9. The Morgan fingerprint density at radius 3 is 2.60 bits per heavy atom. The number of hydrogen-bond acceptors (Lipinski definition) is 4. The number of rotatable bonds is 7. The van der Waals surface area contributed by atoms with Crippen LogP contribution >= 0.6 is 15.9 Å². The van der Waals surface area contributed by atoms with E-state index >= 15 is 0 Å². The maximum Gasteiger partial charge on any atom is 0.243 e. The van der Waals surface area contributed by atoms with Crippen molar-refractivity contribution < 1.29 is 13.2 Å². The van der Waals surface area contributed by atoms with Gasteiger partial charge in [0.15, 0.2) is 0 Å². The summed E-state index contributed by atoms with van der Waals surface area (Å²) in [5.41, 5.74) is 1.64. The van der Waals surface area contributed by atoms with Crippen LogP contribution in [0.5, 0.6) is 0 Å². The second-order valence-electron chi connectivity index (χ2n) is 4.55. The fourth-order valence-corrected chi connectivity index (χ4v) is 3.88. The number of hydrogen-bond donors (Lipinski definition) is 1. The van der Waals surface area contributed by atoms with Crippen LogP contribution in [0.2, 0.25) is 0 Å². The standard InChI is InChI=1S/C13H21BrN2O3S/c1-10-12(14)7-11(9-15-2)8-13(10)20(17,18)16(3)5-6-19-4/h7-8,15H,5-6,9H2,1-4H3. The molecule has 0 bridgehead atoms. The van der Waals surface area contributed by atoms with Crippen LogP contribution in [0.25, 0.3) is 0 Å². The van der Waals surface area contributed by atoms with Crippen molar-refractivity contribution in [3.8, 4) is 0 Å². The highest BCUT2D eigenvalue weighted by molar-refractivity contribution is 9.10. The van der Waals surface area contributed by atoms with E-state index in [9.17, 15) is 8.42 Å². The van der Waals surface area contributed by atoms with Crippen molar-refractivity contribution in [2.75, 3.05) is 34.4 Å². The average molecular weight is 365 g/mol. The molecule has 0 unspecified atom stereocenters. The Balaban J connectivity index is 3.22. The third kappa shape index (κ3) is 4.02. The molecule has 0 heterocycles. The van der Waals surface area contributed by atoms with Crippen LogP contribution in [0.4, 0.5) is 0 Å². The summed E-state index contributed by atoms with van der Waals surface area (Å²) in [5.74, 6) is 0. The molecular weight excluding hydrogens is 344 g/mol. The monoisotopic (exact) mass is 364 g/mol. The van der Waals surface area contributed by atoms with Gasteiger partial charge >= 0.3 is 0 Å². The van der Waals surface area contributed by atoms with Crippen molar-refractivity contribution in [3.05, 3.63) is 27.7 Å². The minimum absolute atomic E-state index is 0.326. The van der Waals surface area contributed by atoms with Gasteiger partial charge in [-0.25, -0.2) is 8.42 Å². The van der Waals surface area contributed by atoms with E-state index in [1.165, 1.54) is 4.31 Å². The Bertz CT molecular complexity index is 561. The molecule has 0 spiro atoms. The van der Waals surface area contributed by atoms with Gasteiger partial charge < -0.3 is 10.1 Å². The lowest BCUT2D eigenvalue weighted by Gasteiger charge is -2.19. The average Bonchev–Trinajstić information content (AvgIpc) is 2.39. The molecule has 20 heavy (non-hydrogen) atoms. The molecule has 0 aliphatic heterocycles. The van der Waals surface area contributed by atoms with Crippen LogP contribution in [0.1, 0.15) is 11.1 Å². The molecule has 7 heteroatoms. The lowest BCUT2D eigenvalue weighted by atomic mass is 10.1. The summed E-state index contributed by atoms with van der Waals surface area (Å²) >= 11 is 3.43. The highest BCUT2D eigenvalue weighted by Gasteiger charge is 2.24. The number of nitrogens with one attached hydrogen (secondary N) is 1. The molecule has 1 aromatic carbocycles. The van der Waals surface area contributed by atoms with Gasteiger partial charge in [0, 0.05) is 31.7 Å². The summed E-state index contributed by atoms with van der Waals surface area (Å²) in [5, 5.41) is 3.02. The normalized spacial score (nSPS) is 12.1. The summed E-state index contributed by atoms with van der Waals surface area (Å²) in [7, 11) is 1.43. The second kappa shape index (κ2) is 7.51. The molecule has 0 aliphatic rings. The van der Waals surface area contributed by atoms with Crippen molar-refractivity contribution in [2.45, 2.75) is 18.4 Å². The first-order valence-corrected chi connectivity index (χ1v) is 8.46. The Labute approximate surface area is 129 Å². The minimum Gasteiger partial charge on any atom is -0.383 e. The van der Waals surface area contributed by atoms with Gasteiger partial charge in [0.05, 0.1) is 11.5 Å². The van der Waals surface area contributed by atoms with E-state index in [-0.39, 0.29) is 0 Å². The van der Waals surface area contributed by atoms with E-state index in [1.807, 2.05) is 13.1 Å². The topological polar surface area (TPSA) is 58.6 Å². The molecule has 0 saturated carbocycles. The van der Waals surface area contributed by atoms with Crippen molar-refractivity contribution in [1.29, 1.82) is 0 Å². The molecule has 0 atom stereocenters. The van der Waals surface area contributed by atoms with Gasteiger partial charge in [-0.05, 0) is 37.2 Å². The summed E-state index contributed by atoms with van der Waals surface area (Å²) in [6, 6.07) is 3.65. The zero-order chi connectivity index (χ0) is 15.3. The number of halogens is 1. The quantitative estimate of drug-likeness (QED) is 0.800. The number of ether oxygens (including phenoxy) is 1. The van der Waals surface area contributed by atoms with Gasteiger partial charge in [-0.2, -0.15) is 4.31 Å². The molecule has 0 amide bonds. The smallest absolute Gasteiger partial charge is 0.243 e. The van der Waals surface area contributed by atoms with Crippen LogP contribution in [0, 0.1) is 6.92 Å². The molecule has 0 aromatic heterocycles. The van der Waals surface area contributed by atoms with Gasteiger partial charge in [-0.15, -0.1) is 0 Å². The predicted molar refractivity (Wildman–Crippen MR) is 83.3 cm³/mol. The zero-order valence-electron chi connectivity index (χ0n) is 12.2. The maximum absolute atomic E-state index is 12.6. The van der Waals surface area contributed by atoms with Gasteiger partial charge in [0.1, 0.15) is 0 Å². The van der Waals surface area contributed by atoms with Crippen LogP contribution in [-0.2, 0) is 21.3 Å². The van der Waals surface area contributed by atoms with Gasteiger partial charge in [0.2, 0.25) is 10.0 Å². The number of likely N-dealkylation sites (N-methyl/N-ethyl adjacent to an activating group) is 1. The molecule has 5 nitrogen and oxygen atoms in total. The summed E-state index contributed by atoms with van der Waals surface area (Å²) in [4.78, 5) is 0.329. The Morgan fingerprint density at radius 2 is 2.05 bits per heavy atom. The highest BCUT2D eigenvalue weighted by Crippen LogP contribution is 2.27. The molecule has 1 rings (SSSR count). The van der Waals surface area contributed by atoms with Crippen molar-refractivity contribution in [2.24, 2.45) is 0 Å². The first-order chi connectivity index (χ1) is 9.34. The lowest BCUT2D eigenvalue weighted by molar-refractivity contribution is 0.185. The van der Waals surface area contributed by atoms with Crippen LogP contribution in [-0.4, -0.2) is 47.1 Å². The Hall–Kier alpha value is -0.470. The molecule has 1 aromatic rings. The molecule has 0 aliphatic carbocycles. The van der Waals surface area contributed by atoms with E-state index in [4.69, 9.17) is 4.74 Å². The van der Waals surface area contributed by atoms with E-state index in [0.717, 1.165) is 10.0 Å². The molecule has 0 fully saturated rings. The third-order valence-electron chi connectivity index (χ3n) is 3.04. The van der Waals surface area contributed by atoms with E-state index < -0.39 is 10.0 Å². The zero-order valence-corrected chi connectivity index (χ0v) is 14.6. The maximum atomic E-state index is 12.6. The number of methoxy groups -OCH3 is 1.